The molecule has 2 atom stereocenters. The monoisotopic (exact) mass is 1320 g/mol. The van der Waals surface area contributed by atoms with Gasteiger partial charge in [0.25, 0.3) is 0 Å². The molecule has 0 bridgehead atoms. The van der Waals surface area contributed by atoms with Crippen LogP contribution in [-0.4, -0.2) is 169 Å². The van der Waals surface area contributed by atoms with Gasteiger partial charge in [-0.15, -0.1) is 0 Å². The minimum Gasteiger partial charge on any atom is -0.399 e. The predicted octanol–water partition coefficient (Wildman–Crippen LogP) is 11.3. The van der Waals surface area contributed by atoms with Crippen molar-refractivity contribution < 1.29 is 71.5 Å². The van der Waals surface area contributed by atoms with Gasteiger partial charge in [0, 0.05) is 87.7 Å². The summed E-state index contributed by atoms with van der Waals surface area (Å²) in [5.74, 6) is 0.532. The van der Waals surface area contributed by atoms with E-state index in [0.717, 1.165) is 22.2 Å². The van der Waals surface area contributed by atoms with Crippen molar-refractivity contribution in [2.75, 3.05) is 109 Å². The van der Waals surface area contributed by atoms with Crippen LogP contribution in [-0.2, 0) is 38.8 Å². The van der Waals surface area contributed by atoms with Crippen molar-refractivity contribution in [2.45, 2.75) is 136 Å². The fourth-order valence-corrected chi connectivity index (χ4v) is 11.5. The lowest BCUT2D eigenvalue weighted by molar-refractivity contribution is -0.144. The number of sulfonamides is 2. The van der Waals surface area contributed by atoms with Crippen molar-refractivity contribution in [2.24, 2.45) is 11.8 Å². The molecule has 0 aliphatic carbocycles. The lowest BCUT2D eigenvalue weighted by Crippen LogP contribution is -2.41. The number of anilines is 6. The average molecular weight is 1320 g/mol. The van der Waals surface area contributed by atoms with E-state index in [-0.39, 0.29) is 38.7 Å². The first-order valence-corrected chi connectivity index (χ1v) is 32.6. The van der Waals surface area contributed by atoms with E-state index in [1.54, 1.807) is 64.1 Å². The number of carbonyl (C=O) groups is 2. The van der Waals surface area contributed by atoms with Crippen molar-refractivity contribution in [3.63, 3.8) is 0 Å². The van der Waals surface area contributed by atoms with E-state index in [0.29, 0.717) is 106 Å². The molecule has 4 N–H and O–H groups in total. The Morgan fingerprint density at radius 1 is 0.629 bits per heavy atom. The molecular formula is C59H84BClF6N10O10S2. The molecule has 4 aromatic rings. The van der Waals surface area contributed by atoms with Crippen LogP contribution in [0.5, 0.6) is 0 Å². The number of urea groups is 2. The maximum Gasteiger partial charge on any atom is 0.495 e. The number of rotatable bonds is 14. The number of pyridine rings is 2. The standard InChI is InChI=1S/C26H34F3N5O4S.C20H28BF3N2O3.C12H18ClN3O3S.CH4/c1-17(2)39(36,37)32-23-12-20(13-24(31-23)33-8-10-38-11-9-33)22-14-21(5-4-18(22)3)30-25(35)34-7-6-19(16-34)15-26(27,28)29;1-13-6-7-15(10-16(13)21-28-18(2,3)19(4,5)29-21)25-17(27)26-9-8-14(12-26)11-20(22,23)24;1-9(2)20(17,18)15-11-7-10(13)8-12(14-11)16-3-5-19-6-4-16;/h4-5,12-14,17,19H,6-11,15-16H2,1-3H3,(H,30,35)(H,31,32);6-7,10,14H,8-9,11-12H2,1-5H3,(H,25,27);7-9H,3-6H2,1-2H3,(H,14,15);1H4/t19-;14-;;/m00../s1. The predicted molar refractivity (Wildman–Crippen MR) is 337 cm³/mol. The average Bonchev–Trinajstić information content (AvgIpc) is 1.82. The van der Waals surface area contributed by atoms with E-state index >= 15 is 0 Å². The molecule has 7 heterocycles. The highest BCUT2D eigenvalue weighted by Crippen LogP contribution is 2.38. The number of likely N-dealkylation sites (tertiary alicyclic amines) is 2. The Kier molecular flexibility index (Phi) is 24.0. The maximum atomic E-state index is 12.8. The number of ether oxygens (including phenoxy) is 2. The molecule has 0 saturated carbocycles. The Hall–Kier alpha value is -5.85. The van der Waals surface area contributed by atoms with Crippen LogP contribution >= 0.6 is 11.6 Å². The molecule has 89 heavy (non-hydrogen) atoms. The Morgan fingerprint density at radius 3 is 1.48 bits per heavy atom. The number of alkyl halides is 6. The largest absolute Gasteiger partial charge is 0.495 e. The molecule has 5 fully saturated rings. The summed E-state index contributed by atoms with van der Waals surface area (Å²) in [5, 5.41) is 4.86. The van der Waals surface area contributed by atoms with Crippen LogP contribution in [0.15, 0.2) is 60.7 Å². The first kappa shape index (κ1) is 72.2. The summed E-state index contributed by atoms with van der Waals surface area (Å²) >= 11 is 6.04. The first-order chi connectivity index (χ1) is 41.0. The number of halogens is 7. The van der Waals surface area contributed by atoms with Crippen LogP contribution in [0.4, 0.5) is 70.6 Å². The number of hydrogen-bond donors (Lipinski definition) is 4. The fourth-order valence-electron chi connectivity index (χ4n) is 10.1. The van der Waals surface area contributed by atoms with E-state index in [2.05, 4.69) is 30.0 Å². The van der Waals surface area contributed by atoms with Crippen molar-refractivity contribution in [3.05, 3.63) is 76.8 Å². The molecule has 0 radical (unpaired) electrons. The van der Waals surface area contributed by atoms with Crippen LogP contribution in [0.2, 0.25) is 5.02 Å². The number of amides is 4. The summed E-state index contributed by atoms with van der Waals surface area (Å²) in [4.78, 5) is 41.1. The lowest BCUT2D eigenvalue weighted by atomic mass is 9.76. The van der Waals surface area contributed by atoms with Crippen molar-refractivity contribution >= 4 is 90.9 Å². The molecule has 0 spiro atoms. The third kappa shape index (κ3) is 20.3. The van der Waals surface area contributed by atoms with Gasteiger partial charge in [-0.25, -0.2) is 36.4 Å². The molecule has 20 nitrogen and oxygen atoms in total. The second kappa shape index (κ2) is 29.6. The van der Waals surface area contributed by atoms with Gasteiger partial charge in [0.2, 0.25) is 20.0 Å². The summed E-state index contributed by atoms with van der Waals surface area (Å²) in [6.45, 7) is 23.8. The molecule has 0 unspecified atom stereocenters. The minimum absolute atomic E-state index is 0. The Morgan fingerprint density at radius 2 is 1.04 bits per heavy atom. The lowest BCUT2D eigenvalue weighted by Gasteiger charge is -2.32. The zero-order chi connectivity index (χ0) is 64.7. The molecule has 5 aliphatic heterocycles. The van der Waals surface area contributed by atoms with Crippen LogP contribution in [0.3, 0.4) is 0 Å². The van der Waals surface area contributed by atoms with Crippen LogP contribution in [0, 0.1) is 25.7 Å². The molecule has 5 aliphatic rings. The maximum absolute atomic E-state index is 12.8. The summed E-state index contributed by atoms with van der Waals surface area (Å²) in [5.41, 5.74) is 4.21. The molecule has 9 rings (SSSR count). The molecule has 5 saturated heterocycles. The van der Waals surface area contributed by atoms with E-state index in [1.165, 1.54) is 15.9 Å². The van der Waals surface area contributed by atoms with Crippen molar-refractivity contribution in [3.8, 4) is 11.1 Å². The van der Waals surface area contributed by atoms with Gasteiger partial charge in [-0.2, -0.15) is 26.3 Å². The molecule has 30 heteroatoms. The summed E-state index contributed by atoms with van der Waals surface area (Å²) in [6.07, 6.45) is -9.54. The van der Waals surface area contributed by atoms with Crippen LogP contribution in [0.25, 0.3) is 11.1 Å². The van der Waals surface area contributed by atoms with E-state index in [9.17, 15) is 52.8 Å². The van der Waals surface area contributed by atoms with Gasteiger partial charge in [-0.3, -0.25) is 9.44 Å². The smallest absolute Gasteiger partial charge is 0.399 e. The van der Waals surface area contributed by atoms with Gasteiger partial charge in [-0.05, 0) is 159 Å². The molecule has 494 valence electrons. The van der Waals surface area contributed by atoms with E-state index < -0.39 is 98.0 Å². The molecule has 4 amide bonds. The number of aryl methyl sites for hydroxylation is 2. The van der Waals surface area contributed by atoms with Gasteiger partial charge in [-0.1, -0.05) is 36.7 Å². The number of aromatic nitrogens is 2. The quantitative estimate of drug-likeness (QED) is 0.0681. The second-order valence-corrected chi connectivity index (χ2v) is 29.0. The number of benzene rings is 2. The fraction of sp³-hybridized carbons (Fsp3) is 0.593. The Labute approximate surface area is 524 Å². The SMILES string of the molecule is C.CC(C)S(=O)(=O)Nc1cc(Cl)cc(N2CCOCC2)n1.Cc1ccc(NC(=O)N2CC[C@@H](CC(F)(F)F)C2)cc1-c1cc(NS(=O)(=O)C(C)C)nc(N2CCOCC2)c1.Cc1ccc(NC(=O)N2CC[C@@H](CC(F)(F)F)C2)cc1B1OC(C)(C)C(C)(C)O1. The number of carbonyl (C=O) groups excluding carboxylic acids is 2. The first-order valence-electron chi connectivity index (χ1n) is 29.2. The summed E-state index contributed by atoms with van der Waals surface area (Å²) in [6, 6.07) is 16.7. The third-order valence-corrected chi connectivity index (χ3v) is 19.7. The number of nitrogens with zero attached hydrogens (tertiary/aromatic N) is 6. The summed E-state index contributed by atoms with van der Waals surface area (Å²) in [7, 11) is -7.63. The van der Waals surface area contributed by atoms with Gasteiger partial charge >= 0.3 is 31.5 Å². The number of hydrogen-bond acceptors (Lipinski definition) is 14. The van der Waals surface area contributed by atoms with Gasteiger partial charge in [0.1, 0.15) is 23.3 Å². The highest BCUT2D eigenvalue weighted by molar-refractivity contribution is 7.93. The van der Waals surface area contributed by atoms with Gasteiger partial charge in [0.15, 0.2) is 0 Å². The van der Waals surface area contributed by atoms with Gasteiger partial charge in [0.05, 0.1) is 48.1 Å². The zero-order valence-corrected chi connectivity index (χ0v) is 53.6. The van der Waals surface area contributed by atoms with Crippen LogP contribution in [0.1, 0.15) is 99.6 Å². The highest BCUT2D eigenvalue weighted by atomic mass is 35.5. The molecular weight excluding hydrogens is 1230 g/mol. The third-order valence-electron chi connectivity index (χ3n) is 16.0. The Balaban J connectivity index is 0.000000223. The normalized spacial score (nSPS) is 19.5. The van der Waals surface area contributed by atoms with Crippen molar-refractivity contribution in [1.82, 2.24) is 19.8 Å². The highest BCUT2D eigenvalue weighted by Gasteiger charge is 2.52. The summed E-state index contributed by atoms with van der Waals surface area (Å²) < 4.78 is 153. The molecule has 2 aromatic heterocycles. The van der Waals surface area contributed by atoms with Crippen molar-refractivity contribution in [1.29, 1.82) is 0 Å². The molecule has 2 aromatic carbocycles. The number of nitrogens with one attached hydrogen (secondary N) is 4. The topological polar surface area (TPSA) is 226 Å². The Bertz CT molecular complexity index is 3300. The van der Waals surface area contributed by atoms with Crippen LogP contribution < -0.4 is 35.3 Å². The number of morpholine rings is 2. The van der Waals surface area contributed by atoms with Gasteiger partial charge < -0.3 is 49.0 Å². The zero-order valence-electron chi connectivity index (χ0n) is 51.2. The van der Waals surface area contributed by atoms with E-state index in [1.807, 2.05) is 69.5 Å². The van der Waals surface area contributed by atoms with E-state index in [4.69, 9.17) is 30.4 Å². The second-order valence-electron chi connectivity index (χ2n) is 24.1. The minimum atomic E-state index is -4.25.